The van der Waals surface area contributed by atoms with E-state index in [2.05, 4.69) is 45.0 Å². The van der Waals surface area contributed by atoms with Crippen molar-refractivity contribution in [3.05, 3.63) is 57.8 Å². The van der Waals surface area contributed by atoms with Crippen molar-refractivity contribution < 1.29 is 14.4 Å². The molecule has 1 aromatic carbocycles. The fraction of sp³-hybridized carbons (Fsp3) is 0.409. The number of thiophene rings is 1. The van der Waals surface area contributed by atoms with Crippen molar-refractivity contribution >= 4 is 29.2 Å². The Bertz CT molecular complexity index is 885. The molecule has 0 radical (unpaired) electrons. The molecule has 29 heavy (non-hydrogen) atoms. The SMILES string of the molecule is CN(Cc1ccc(C(C)(C)C)cc1)CN1C(=O)C(=O)N(CCc2cccs2)C1=O. The molecule has 1 saturated heterocycles. The maximum atomic E-state index is 12.6. The molecular formula is C22H27N3O3S. The Labute approximate surface area is 175 Å². The minimum Gasteiger partial charge on any atom is -0.284 e. The molecule has 1 aliphatic heterocycles. The van der Waals surface area contributed by atoms with Crippen LogP contribution in [0.3, 0.4) is 0 Å². The van der Waals surface area contributed by atoms with Gasteiger partial charge < -0.3 is 0 Å². The molecule has 1 aromatic heterocycles. The van der Waals surface area contributed by atoms with Crippen LogP contribution in [-0.2, 0) is 28.0 Å². The van der Waals surface area contributed by atoms with Gasteiger partial charge in [0.2, 0.25) is 0 Å². The lowest BCUT2D eigenvalue weighted by atomic mass is 9.87. The molecule has 154 valence electrons. The van der Waals surface area contributed by atoms with Gasteiger partial charge in [-0.3, -0.25) is 19.4 Å². The molecule has 0 bridgehead atoms. The highest BCUT2D eigenvalue weighted by Gasteiger charge is 2.44. The van der Waals surface area contributed by atoms with Crippen molar-refractivity contribution in [1.29, 1.82) is 0 Å². The van der Waals surface area contributed by atoms with Gasteiger partial charge in [0.1, 0.15) is 0 Å². The standard InChI is InChI=1S/C22H27N3O3S/c1-22(2,3)17-9-7-16(8-10-17)14-23(4)15-25-20(27)19(26)24(21(25)28)12-11-18-6-5-13-29-18/h5-10,13H,11-12,14-15H2,1-4H3. The van der Waals surface area contributed by atoms with Crippen molar-refractivity contribution in [2.45, 2.75) is 39.2 Å². The first kappa shape index (κ1) is 21.2. The fourth-order valence-corrected chi connectivity index (χ4v) is 3.96. The van der Waals surface area contributed by atoms with Crippen molar-refractivity contribution in [1.82, 2.24) is 14.7 Å². The number of hydrogen-bond acceptors (Lipinski definition) is 5. The smallest absolute Gasteiger partial charge is 0.284 e. The van der Waals surface area contributed by atoms with E-state index in [4.69, 9.17) is 0 Å². The number of nitrogens with zero attached hydrogens (tertiary/aromatic N) is 3. The third-order valence-corrected chi connectivity index (χ3v) is 5.89. The van der Waals surface area contributed by atoms with E-state index in [1.54, 1.807) is 11.3 Å². The number of carbonyl (C=O) groups is 3. The first-order chi connectivity index (χ1) is 13.7. The zero-order valence-corrected chi connectivity index (χ0v) is 18.2. The number of imide groups is 2. The van der Waals surface area contributed by atoms with Crippen LogP contribution in [0.15, 0.2) is 41.8 Å². The van der Waals surface area contributed by atoms with E-state index in [0.717, 1.165) is 20.2 Å². The van der Waals surface area contributed by atoms with Gasteiger partial charge in [0, 0.05) is 24.4 Å². The first-order valence-corrected chi connectivity index (χ1v) is 10.5. The van der Waals surface area contributed by atoms with E-state index in [-0.39, 0.29) is 18.6 Å². The lowest BCUT2D eigenvalue weighted by molar-refractivity contribution is -0.143. The Kier molecular flexibility index (Phi) is 6.19. The van der Waals surface area contributed by atoms with Crippen LogP contribution in [0, 0.1) is 0 Å². The Hall–Kier alpha value is -2.51. The summed E-state index contributed by atoms with van der Waals surface area (Å²) in [6.45, 7) is 7.38. The molecule has 0 unspecified atom stereocenters. The molecule has 7 heteroatoms. The summed E-state index contributed by atoms with van der Waals surface area (Å²) in [5, 5.41) is 1.95. The van der Waals surface area contributed by atoms with Gasteiger partial charge in [0.05, 0.1) is 6.67 Å². The van der Waals surface area contributed by atoms with Crippen LogP contribution in [0.4, 0.5) is 4.79 Å². The predicted octanol–water partition coefficient (Wildman–Crippen LogP) is 3.47. The second kappa shape index (κ2) is 8.47. The third-order valence-electron chi connectivity index (χ3n) is 4.95. The average molecular weight is 414 g/mol. The average Bonchev–Trinajstić information content (AvgIpc) is 3.24. The van der Waals surface area contributed by atoms with Gasteiger partial charge in [-0.25, -0.2) is 9.69 Å². The molecule has 3 rings (SSSR count). The molecule has 0 spiro atoms. The highest BCUT2D eigenvalue weighted by atomic mass is 32.1. The van der Waals surface area contributed by atoms with Crippen LogP contribution in [-0.4, -0.2) is 52.8 Å². The third kappa shape index (κ3) is 4.92. The second-order valence-electron chi connectivity index (χ2n) is 8.40. The summed E-state index contributed by atoms with van der Waals surface area (Å²) in [4.78, 5) is 42.2. The molecule has 0 N–H and O–H groups in total. The molecule has 1 aliphatic rings. The Balaban J connectivity index is 1.59. The first-order valence-electron chi connectivity index (χ1n) is 9.64. The molecule has 1 fully saturated rings. The molecule has 2 aromatic rings. The zero-order valence-electron chi connectivity index (χ0n) is 17.3. The van der Waals surface area contributed by atoms with Gasteiger partial charge in [0.25, 0.3) is 0 Å². The van der Waals surface area contributed by atoms with Gasteiger partial charge in [0.15, 0.2) is 0 Å². The Morgan fingerprint density at radius 1 is 0.966 bits per heavy atom. The van der Waals surface area contributed by atoms with Crippen LogP contribution in [0.5, 0.6) is 0 Å². The number of amides is 4. The Morgan fingerprint density at radius 3 is 2.21 bits per heavy atom. The van der Waals surface area contributed by atoms with Crippen molar-refractivity contribution in [3.8, 4) is 0 Å². The molecular weight excluding hydrogens is 386 g/mol. The number of rotatable bonds is 7. The van der Waals surface area contributed by atoms with Crippen molar-refractivity contribution in [3.63, 3.8) is 0 Å². The van der Waals surface area contributed by atoms with Gasteiger partial charge >= 0.3 is 17.8 Å². The highest BCUT2D eigenvalue weighted by Crippen LogP contribution is 2.22. The fourth-order valence-electron chi connectivity index (χ4n) is 3.26. The Morgan fingerprint density at radius 2 is 1.62 bits per heavy atom. The van der Waals surface area contributed by atoms with E-state index in [1.165, 1.54) is 5.56 Å². The summed E-state index contributed by atoms with van der Waals surface area (Å²) >= 11 is 1.57. The van der Waals surface area contributed by atoms with Gasteiger partial charge in [-0.05, 0) is 35.0 Å². The summed E-state index contributed by atoms with van der Waals surface area (Å²) in [5.41, 5.74) is 2.42. The second-order valence-corrected chi connectivity index (χ2v) is 9.44. The summed E-state index contributed by atoms with van der Waals surface area (Å²) < 4.78 is 0. The summed E-state index contributed by atoms with van der Waals surface area (Å²) in [5.74, 6) is -1.49. The summed E-state index contributed by atoms with van der Waals surface area (Å²) in [6, 6.07) is 11.7. The van der Waals surface area contributed by atoms with Crippen LogP contribution in [0.2, 0.25) is 0 Å². The van der Waals surface area contributed by atoms with E-state index in [1.807, 2.05) is 29.5 Å². The van der Waals surface area contributed by atoms with E-state index < -0.39 is 17.8 Å². The quantitative estimate of drug-likeness (QED) is 0.515. The van der Waals surface area contributed by atoms with E-state index in [0.29, 0.717) is 13.0 Å². The minimum atomic E-state index is -0.754. The molecule has 6 nitrogen and oxygen atoms in total. The molecule has 0 saturated carbocycles. The van der Waals surface area contributed by atoms with Crippen LogP contribution >= 0.6 is 11.3 Å². The topological polar surface area (TPSA) is 60.9 Å². The van der Waals surface area contributed by atoms with E-state index >= 15 is 0 Å². The largest absolute Gasteiger partial charge is 0.335 e. The van der Waals surface area contributed by atoms with Gasteiger partial charge in [-0.1, -0.05) is 51.1 Å². The van der Waals surface area contributed by atoms with Crippen LogP contribution in [0.1, 0.15) is 36.8 Å². The molecule has 4 amide bonds. The molecule has 0 aliphatic carbocycles. The predicted molar refractivity (Wildman–Crippen MR) is 113 cm³/mol. The maximum Gasteiger partial charge on any atom is 0.335 e. The van der Waals surface area contributed by atoms with Gasteiger partial charge in [-0.2, -0.15) is 0 Å². The number of benzene rings is 1. The summed E-state index contributed by atoms with van der Waals surface area (Å²) in [6.07, 6.45) is 0.562. The van der Waals surface area contributed by atoms with Gasteiger partial charge in [-0.15, -0.1) is 11.3 Å². The molecule has 0 atom stereocenters. The lowest BCUT2D eigenvalue weighted by Crippen LogP contribution is -2.40. The van der Waals surface area contributed by atoms with Crippen LogP contribution < -0.4 is 0 Å². The lowest BCUT2D eigenvalue weighted by Gasteiger charge is -2.23. The normalized spacial score (nSPS) is 15.1. The number of carbonyl (C=O) groups excluding carboxylic acids is 3. The summed E-state index contributed by atoms with van der Waals surface area (Å²) in [7, 11) is 1.83. The minimum absolute atomic E-state index is 0.0833. The maximum absolute atomic E-state index is 12.6. The highest BCUT2D eigenvalue weighted by molar-refractivity contribution is 7.09. The monoisotopic (exact) mass is 413 g/mol. The molecule has 2 heterocycles. The number of hydrogen-bond donors (Lipinski definition) is 0. The number of urea groups is 1. The van der Waals surface area contributed by atoms with Crippen LogP contribution in [0.25, 0.3) is 0 Å². The van der Waals surface area contributed by atoms with Crippen molar-refractivity contribution in [2.24, 2.45) is 0 Å². The zero-order chi connectivity index (χ0) is 21.2. The van der Waals surface area contributed by atoms with Crippen molar-refractivity contribution in [2.75, 3.05) is 20.3 Å². The van der Waals surface area contributed by atoms with E-state index in [9.17, 15) is 14.4 Å².